The van der Waals surface area contributed by atoms with E-state index in [1.165, 1.54) is 47.4 Å². The molecule has 3 rings (SSSR count). The molecule has 2 aromatic carbocycles. The van der Waals surface area contributed by atoms with Gasteiger partial charge in [-0.2, -0.15) is 0 Å². The molecule has 0 aliphatic carbocycles. The van der Waals surface area contributed by atoms with Crippen LogP contribution < -0.4 is 5.32 Å². The topological polar surface area (TPSA) is 54.9 Å². The number of halogens is 2. The molecule has 0 saturated carbocycles. The summed E-state index contributed by atoms with van der Waals surface area (Å²) in [4.78, 5) is 12.0. The van der Waals surface area contributed by atoms with E-state index in [9.17, 15) is 9.18 Å². The molecule has 0 amide bonds. The van der Waals surface area contributed by atoms with Gasteiger partial charge in [-0.05, 0) is 42.5 Å². The van der Waals surface area contributed by atoms with E-state index in [0.717, 1.165) is 5.69 Å². The Morgan fingerprint density at radius 3 is 2.75 bits per heavy atom. The lowest BCUT2D eigenvalue weighted by Gasteiger charge is -2.01. The molecule has 0 bridgehead atoms. The molecule has 3 aromatic rings. The molecule has 1 aromatic heterocycles. The Morgan fingerprint density at radius 1 is 1.21 bits per heavy atom. The summed E-state index contributed by atoms with van der Waals surface area (Å²) >= 11 is 8.58. The molecule has 0 radical (unpaired) electrons. The fraction of sp³-hybridized carbons (Fsp3) is 0.0625. The quantitative estimate of drug-likeness (QED) is 0.479. The van der Waals surface area contributed by atoms with Crippen molar-refractivity contribution < 1.29 is 9.18 Å². The normalized spacial score (nSPS) is 10.6. The maximum Gasteiger partial charge on any atom is 0.210 e. The summed E-state index contributed by atoms with van der Waals surface area (Å²) in [6.45, 7) is 0. The third-order valence-electron chi connectivity index (χ3n) is 2.98. The highest BCUT2D eigenvalue weighted by Crippen LogP contribution is 2.28. The maximum atomic E-state index is 12.9. The van der Waals surface area contributed by atoms with E-state index in [4.69, 9.17) is 11.6 Å². The Kier molecular flexibility index (Phi) is 5.44. The summed E-state index contributed by atoms with van der Waals surface area (Å²) in [6.07, 6.45) is 0. The Hall–Kier alpha value is -1.96. The first-order valence-electron chi connectivity index (χ1n) is 6.88. The number of carbonyl (C=O) groups is 1. The maximum absolute atomic E-state index is 12.9. The molecule has 8 heteroatoms. The van der Waals surface area contributed by atoms with Crippen LogP contribution in [0.25, 0.3) is 0 Å². The minimum atomic E-state index is -0.361. The smallest absolute Gasteiger partial charge is 0.210 e. The van der Waals surface area contributed by atoms with Gasteiger partial charge < -0.3 is 5.32 Å². The number of aromatic nitrogens is 2. The van der Waals surface area contributed by atoms with Crippen molar-refractivity contribution in [1.29, 1.82) is 0 Å². The number of hydrogen-bond acceptors (Lipinski definition) is 6. The molecule has 0 atom stereocenters. The van der Waals surface area contributed by atoms with Gasteiger partial charge in [-0.25, -0.2) is 4.39 Å². The highest BCUT2D eigenvalue weighted by Gasteiger charge is 2.10. The van der Waals surface area contributed by atoms with Crippen LogP contribution in [0.1, 0.15) is 10.4 Å². The standard InChI is InChI=1S/C16H11ClFN3OS2/c17-11-2-1-3-13(8-11)19-15-20-21-16(24-15)23-9-14(22)10-4-6-12(18)7-5-10/h1-8H,9H2,(H,19,20). The summed E-state index contributed by atoms with van der Waals surface area (Å²) in [6, 6.07) is 12.8. The van der Waals surface area contributed by atoms with Crippen LogP contribution in [-0.4, -0.2) is 21.7 Å². The first-order chi connectivity index (χ1) is 11.6. The second kappa shape index (κ2) is 7.74. The van der Waals surface area contributed by atoms with Crippen LogP contribution in [0.3, 0.4) is 0 Å². The Labute approximate surface area is 151 Å². The minimum Gasteiger partial charge on any atom is -0.330 e. The highest BCUT2D eigenvalue weighted by molar-refractivity contribution is 8.01. The van der Waals surface area contributed by atoms with Crippen molar-refractivity contribution in [3.63, 3.8) is 0 Å². The summed E-state index contributed by atoms with van der Waals surface area (Å²) in [7, 11) is 0. The summed E-state index contributed by atoms with van der Waals surface area (Å²) in [5, 5.41) is 12.4. The van der Waals surface area contributed by atoms with E-state index in [2.05, 4.69) is 15.5 Å². The lowest BCUT2D eigenvalue weighted by Crippen LogP contribution is -2.01. The van der Waals surface area contributed by atoms with Crippen molar-refractivity contribution in [3.8, 4) is 0 Å². The molecule has 1 heterocycles. The summed E-state index contributed by atoms with van der Waals surface area (Å²) < 4.78 is 13.5. The van der Waals surface area contributed by atoms with Crippen LogP contribution in [0.5, 0.6) is 0 Å². The van der Waals surface area contributed by atoms with Gasteiger partial charge in [-0.15, -0.1) is 10.2 Å². The first kappa shape index (κ1) is 16.9. The molecule has 0 aliphatic rings. The number of benzene rings is 2. The number of rotatable bonds is 6. The molecule has 0 spiro atoms. The monoisotopic (exact) mass is 379 g/mol. The van der Waals surface area contributed by atoms with Crippen molar-refractivity contribution in [2.75, 3.05) is 11.1 Å². The van der Waals surface area contributed by atoms with Gasteiger partial charge in [0, 0.05) is 16.3 Å². The third kappa shape index (κ3) is 4.53. The number of carbonyl (C=O) groups excluding carboxylic acids is 1. The molecule has 0 fully saturated rings. The van der Waals surface area contributed by atoms with Gasteiger partial charge in [0.2, 0.25) is 5.13 Å². The van der Waals surface area contributed by atoms with E-state index >= 15 is 0 Å². The van der Waals surface area contributed by atoms with Crippen molar-refractivity contribution in [3.05, 3.63) is 64.9 Å². The van der Waals surface area contributed by atoms with Crippen molar-refractivity contribution >= 4 is 51.3 Å². The second-order valence-corrected chi connectivity index (χ2v) is 7.36. The van der Waals surface area contributed by atoms with E-state index in [1.807, 2.05) is 12.1 Å². The largest absolute Gasteiger partial charge is 0.330 e. The minimum absolute atomic E-state index is 0.0837. The molecular formula is C16H11ClFN3OS2. The Balaban J connectivity index is 1.58. The summed E-state index contributed by atoms with van der Waals surface area (Å²) in [5.74, 6) is -0.225. The zero-order valence-corrected chi connectivity index (χ0v) is 14.6. The van der Waals surface area contributed by atoms with Crippen molar-refractivity contribution in [2.45, 2.75) is 4.34 Å². The number of nitrogens with one attached hydrogen (secondary N) is 1. The predicted octanol–water partition coefficient (Wildman–Crippen LogP) is 5.05. The third-order valence-corrected chi connectivity index (χ3v) is 5.18. The van der Waals surface area contributed by atoms with Crippen LogP contribution in [0.2, 0.25) is 5.02 Å². The van der Waals surface area contributed by atoms with Crippen LogP contribution >= 0.6 is 34.7 Å². The average molecular weight is 380 g/mol. The van der Waals surface area contributed by atoms with Gasteiger partial charge in [-0.3, -0.25) is 4.79 Å². The Bertz CT molecular complexity index is 855. The van der Waals surface area contributed by atoms with Gasteiger partial charge in [0.1, 0.15) is 5.82 Å². The van der Waals surface area contributed by atoms with Gasteiger partial charge in [0.25, 0.3) is 0 Å². The SMILES string of the molecule is O=C(CSc1nnc(Nc2cccc(Cl)c2)s1)c1ccc(F)cc1. The number of nitrogens with zero attached hydrogens (tertiary/aromatic N) is 2. The van der Waals surface area contributed by atoms with Crippen molar-refractivity contribution in [1.82, 2.24) is 10.2 Å². The fourth-order valence-electron chi connectivity index (χ4n) is 1.85. The predicted molar refractivity (Wildman–Crippen MR) is 96.1 cm³/mol. The number of hydrogen-bond donors (Lipinski definition) is 1. The molecule has 24 heavy (non-hydrogen) atoms. The van der Waals surface area contributed by atoms with E-state index < -0.39 is 0 Å². The highest BCUT2D eigenvalue weighted by atomic mass is 35.5. The fourth-order valence-corrected chi connectivity index (χ4v) is 3.71. The zero-order valence-electron chi connectivity index (χ0n) is 12.2. The van der Waals surface area contributed by atoms with Gasteiger partial charge >= 0.3 is 0 Å². The Morgan fingerprint density at radius 2 is 2.00 bits per heavy atom. The van der Waals surface area contributed by atoms with Crippen molar-refractivity contribution in [2.24, 2.45) is 0 Å². The zero-order chi connectivity index (χ0) is 16.9. The van der Waals surface area contributed by atoms with Crippen LogP contribution in [0.4, 0.5) is 15.2 Å². The molecule has 4 nitrogen and oxygen atoms in total. The number of anilines is 2. The van der Waals surface area contributed by atoms with E-state index in [-0.39, 0.29) is 17.4 Å². The van der Waals surface area contributed by atoms with Gasteiger partial charge in [0.05, 0.1) is 5.75 Å². The van der Waals surface area contributed by atoms with Crippen LogP contribution in [-0.2, 0) is 0 Å². The number of ketones is 1. The lowest BCUT2D eigenvalue weighted by molar-refractivity contribution is 0.102. The van der Waals surface area contributed by atoms with Crippen LogP contribution in [0.15, 0.2) is 52.9 Å². The van der Waals surface area contributed by atoms with E-state index in [1.54, 1.807) is 12.1 Å². The average Bonchev–Trinajstić information content (AvgIpc) is 3.01. The molecule has 0 saturated heterocycles. The van der Waals surface area contributed by atoms with Gasteiger partial charge in [-0.1, -0.05) is 40.8 Å². The first-order valence-corrected chi connectivity index (χ1v) is 9.06. The van der Waals surface area contributed by atoms with E-state index in [0.29, 0.717) is 20.1 Å². The lowest BCUT2D eigenvalue weighted by atomic mass is 10.1. The molecule has 1 N–H and O–H groups in total. The van der Waals surface area contributed by atoms with Gasteiger partial charge in [0.15, 0.2) is 10.1 Å². The molecular weight excluding hydrogens is 369 g/mol. The second-order valence-electron chi connectivity index (χ2n) is 4.73. The molecule has 0 aliphatic heterocycles. The summed E-state index contributed by atoms with van der Waals surface area (Å²) in [5.41, 5.74) is 1.29. The molecule has 0 unspecified atom stereocenters. The number of Topliss-reactive ketones (excluding diaryl/α,β-unsaturated/α-hetero) is 1. The number of thioether (sulfide) groups is 1. The van der Waals surface area contributed by atoms with Crippen LogP contribution in [0, 0.1) is 5.82 Å². The molecule has 122 valence electrons.